The van der Waals surface area contributed by atoms with Crippen LogP contribution in [-0.2, 0) is 0 Å². The largest absolute Gasteiger partial charge is 0.497 e. The summed E-state index contributed by atoms with van der Waals surface area (Å²) >= 11 is 3.47. The first kappa shape index (κ1) is 19.5. The topological polar surface area (TPSA) is 53.6 Å². The Morgan fingerprint density at radius 3 is 2.89 bits per heavy atom. The zero-order valence-electron chi connectivity index (χ0n) is 15.7. The van der Waals surface area contributed by atoms with E-state index in [0.29, 0.717) is 12.5 Å². The molecule has 5 nitrogen and oxygen atoms in total. The van der Waals surface area contributed by atoms with Crippen LogP contribution in [0.1, 0.15) is 24.9 Å². The first-order valence-corrected chi connectivity index (χ1v) is 10.0. The van der Waals surface area contributed by atoms with Gasteiger partial charge in [-0.15, -0.1) is 0 Å². The zero-order valence-corrected chi connectivity index (χ0v) is 17.3. The molecule has 2 unspecified atom stereocenters. The van der Waals surface area contributed by atoms with Crippen molar-refractivity contribution in [1.29, 1.82) is 0 Å². The van der Waals surface area contributed by atoms with Gasteiger partial charge in [0.25, 0.3) is 0 Å². The minimum Gasteiger partial charge on any atom is -0.497 e. The highest BCUT2D eigenvalue weighted by atomic mass is 79.9. The highest BCUT2D eigenvalue weighted by molar-refractivity contribution is 9.10. The van der Waals surface area contributed by atoms with E-state index in [1.807, 2.05) is 43.3 Å². The van der Waals surface area contributed by atoms with Crippen LogP contribution in [0.2, 0.25) is 0 Å². The normalized spacial score (nSPS) is 17.4. The number of rotatable bonds is 6. The highest BCUT2D eigenvalue weighted by Crippen LogP contribution is 2.26. The van der Waals surface area contributed by atoms with E-state index in [1.165, 1.54) is 5.69 Å². The molecule has 0 radical (unpaired) electrons. The maximum absolute atomic E-state index is 12.2. The Hall–Kier alpha value is -2.21. The molecule has 0 aliphatic carbocycles. The molecular weight excluding hydrogens is 406 g/mol. The number of amides is 2. The summed E-state index contributed by atoms with van der Waals surface area (Å²) < 4.78 is 6.32. The molecule has 0 aromatic heterocycles. The second kappa shape index (κ2) is 9.13. The molecule has 1 saturated heterocycles. The second-order valence-electron chi connectivity index (χ2n) is 6.93. The Kier molecular flexibility index (Phi) is 6.61. The third-order valence-electron chi connectivity index (χ3n) is 4.95. The third kappa shape index (κ3) is 5.39. The number of hydrogen-bond acceptors (Lipinski definition) is 3. The fraction of sp³-hybridized carbons (Fsp3) is 0.381. The fourth-order valence-electron chi connectivity index (χ4n) is 3.38. The van der Waals surface area contributed by atoms with Crippen molar-refractivity contribution in [3.05, 3.63) is 58.6 Å². The number of carbonyl (C=O) groups is 1. The van der Waals surface area contributed by atoms with Crippen LogP contribution in [0.4, 0.5) is 10.5 Å². The number of urea groups is 1. The van der Waals surface area contributed by atoms with Crippen LogP contribution in [-0.4, -0.2) is 32.8 Å². The molecule has 0 saturated carbocycles. The number of benzene rings is 2. The number of methoxy groups -OCH3 is 1. The molecule has 144 valence electrons. The van der Waals surface area contributed by atoms with Crippen LogP contribution in [0, 0.1) is 5.92 Å². The Morgan fingerprint density at radius 1 is 1.30 bits per heavy atom. The number of anilines is 1. The van der Waals surface area contributed by atoms with Crippen LogP contribution in [0.5, 0.6) is 5.75 Å². The van der Waals surface area contributed by atoms with E-state index in [0.717, 1.165) is 35.3 Å². The van der Waals surface area contributed by atoms with Crippen molar-refractivity contribution in [2.24, 2.45) is 5.92 Å². The van der Waals surface area contributed by atoms with Gasteiger partial charge in [0.1, 0.15) is 5.75 Å². The average molecular weight is 432 g/mol. The first-order chi connectivity index (χ1) is 13.0. The SMILES string of the molecule is COc1cccc(N2CCC(CNC(=O)NC(C)c3cccc(Br)c3)C2)c1. The van der Waals surface area contributed by atoms with Crippen LogP contribution in [0.3, 0.4) is 0 Å². The molecule has 2 N–H and O–H groups in total. The van der Waals surface area contributed by atoms with Crippen LogP contribution >= 0.6 is 15.9 Å². The molecule has 6 heteroatoms. The quantitative estimate of drug-likeness (QED) is 0.714. The number of halogens is 1. The number of nitrogens with zero attached hydrogens (tertiary/aromatic N) is 1. The van der Waals surface area contributed by atoms with Crippen LogP contribution < -0.4 is 20.3 Å². The molecule has 2 amide bonds. The Labute approximate surface area is 169 Å². The maximum Gasteiger partial charge on any atom is 0.315 e. The van der Waals surface area contributed by atoms with Crippen molar-refractivity contribution >= 4 is 27.6 Å². The van der Waals surface area contributed by atoms with E-state index in [-0.39, 0.29) is 12.1 Å². The average Bonchev–Trinajstić information content (AvgIpc) is 3.15. The van der Waals surface area contributed by atoms with Gasteiger partial charge in [0.15, 0.2) is 0 Å². The minimum absolute atomic E-state index is 0.0423. The van der Waals surface area contributed by atoms with Gasteiger partial charge in [-0.1, -0.05) is 34.1 Å². The number of hydrogen-bond donors (Lipinski definition) is 2. The van der Waals surface area contributed by atoms with Gasteiger partial charge in [0.05, 0.1) is 13.2 Å². The summed E-state index contributed by atoms with van der Waals surface area (Å²) in [6, 6.07) is 15.9. The van der Waals surface area contributed by atoms with E-state index in [2.05, 4.69) is 43.6 Å². The lowest BCUT2D eigenvalue weighted by Crippen LogP contribution is -2.40. The van der Waals surface area contributed by atoms with E-state index >= 15 is 0 Å². The van der Waals surface area contributed by atoms with Crippen molar-refractivity contribution in [1.82, 2.24) is 10.6 Å². The number of carbonyl (C=O) groups excluding carboxylic acids is 1. The monoisotopic (exact) mass is 431 g/mol. The standard InChI is InChI=1S/C21H26BrN3O2/c1-15(17-5-3-6-18(22)11-17)24-21(26)23-13-16-9-10-25(14-16)19-7-4-8-20(12-19)27-2/h3-8,11-12,15-16H,9-10,13-14H2,1-2H3,(H2,23,24,26). The van der Waals surface area contributed by atoms with Gasteiger partial charge in [-0.05, 0) is 49.1 Å². The lowest BCUT2D eigenvalue weighted by Gasteiger charge is -2.20. The summed E-state index contributed by atoms with van der Waals surface area (Å²) in [7, 11) is 1.68. The highest BCUT2D eigenvalue weighted by Gasteiger charge is 2.23. The molecule has 2 atom stereocenters. The molecule has 27 heavy (non-hydrogen) atoms. The maximum atomic E-state index is 12.2. The molecule has 3 rings (SSSR count). The van der Waals surface area contributed by atoms with Crippen LogP contribution in [0.15, 0.2) is 53.0 Å². The van der Waals surface area contributed by atoms with Crippen LogP contribution in [0.25, 0.3) is 0 Å². The Bertz CT molecular complexity index is 784. The van der Waals surface area contributed by atoms with E-state index in [9.17, 15) is 4.79 Å². The molecule has 0 bridgehead atoms. The lowest BCUT2D eigenvalue weighted by molar-refractivity contribution is 0.236. The summed E-state index contributed by atoms with van der Waals surface area (Å²) in [5, 5.41) is 6.03. The van der Waals surface area contributed by atoms with Crippen molar-refractivity contribution < 1.29 is 9.53 Å². The molecule has 1 aliphatic heterocycles. The van der Waals surface area contributed by atoms with Crippen molar-refractivity contribution in [2.75, 3.05) is 31.6 Å². The zero-order chi connectivity index (χ0) is 19.2. The Balaban J connectivity index is 1.45. The van der Waals surface area contributed by atoms with E-state index in [4.69, 9.17) is 4.74 Å². The molecule has 2 aromatic carbocycles. The molecular formula is C21H26BrN3O2. The fourth-order valence-corrected chi connectivity index (χ4v) is 3.80. The summed E-state index contributed by atoms with van der Waals surface area (Å²) in [5.41, 5.74) is 2.24. The van der Waals surface area contributed by atoms with Gasteiger partial charge in [-0.3, -0.25) is 0 Å². The lowest BCUT2D eigenvalue weighted by atomic mass is 10.1. The molecule has 0 spiro atoms. The predicted molar refractivity (Wildman–Crippen MR) is 112 cm³/mol. The van der Waals surface area contributed by atoms with Gasteiger partial charge >= 0.3 is 6.03 Å². The predicted octanol–water partition coefficient (Wildman–Crippen LogP) is 4.34. The van der Waals surface area contributed by atoms with Crippen molar-refractivity contribution in [3.8, 4) is 5.75 Å². The molecule has 2 aromatic rings. The van der Waals surface area contributed by atoms with E-state index < -0.39 is 0 Å². The van der Waals surface area contributed by atoms with Gasteiger partial charge in [0.2, 0.25) is 0 Å². The van der Waals surface area contributed by atoms with Gasteiger partial charge in [0, 0.05) is 35.9 Å². The summed E-state index contributed by atoms with van der Waals surface area (Å²) in [6.07, 6.45) is 1.07. The minimum atomic E-state index is -0.123. The van der Waals surface area contributed by atoms with E-state index in [1.54, 1.807) is 7.11 Å². The molecule has 1 fully saturated rings. The number of ether oxygens (including phenoxy) is 1. The smallest absolute Gasteiger partial charge is 0.315 e. The summed E-state index contributed by atoms with van der Waals surface area (Å²) in [4.78, 5) is 14.6. The van der Waals surface area contributed by atoms with Crippen molar-refractivity contribution in [3.63, 3.8) is 0 Å². The number of nitrogens with one attached hydrogen (secondary N) is 2. The first-order valence-electron chi connectivity index (χ1n) is 9.24. The Morgan fingerprint density at radius 2 is 2.11 bits per heavy atom. The van der Waals surface area contributed by atoms with Crippen molar-refractivity contribution in [2.45, 2.75) is 19.4 Å². The summed E-state index contributed by atoms with van der Waals surface area (Å²) in [6.45, 7) is 4.60. The van der Waals surface area contributed by atoms with Gasteiger partial charge in [-0.2, -0.15) is 0 Å². The molecule has 1 heterocycles. The third-order valence-corrected chi connectivity index (χ3v) is 5.45. The molecule has 1 aliphatic rings. The van der Waals surface area contributed by atoms with Gasteiger partial charge < -0.3 is 20.3 Å². The van der Waals surface area contributed by atoms with Gasteiger partial charge in [-0.25, -0.2) is 4.79 Å². The second-order valence-corrected chi connectivity index (χ2v) is 7.85. The summed E-state index contributed by atoms with van der Waals surface area (Å²) in [5.74, 6) is 1.32.